The lowest BCUT2D eigenvalue weighted by Crippen LogP contribution is -2.30. The molecule has 0 saturated carbocycles. The second-order valence-electron chi connectivity index (χ2n) is 5.63. The molecule has 3 rings (SSSR count). The van der Waals surface area contributed by atoms with E-state index in [0.29, 0.717) is 28.5 Å². The van der Waals surface area contributed by atoms with Gasteiger partial charge in [-0.1, -0.05) is 6.07 Å². The second-order valence-corrected chi connectivity index (χ2v) is 5.63. The van der Waals surface area contributed by atoms with Crippen LogP contribution in [0.4, 0.5) is 5.69 Å². The SMILES string of the molecule is COc1ccc(N2C(=O)CC(c3ccc(OC)cc3OC)C2=O)cc1. The van der Waals surface area contributed by atoms with Crippen LogP contribution in [0.25, 0.3) is 0 Å². The standard InChI is InChI=1S/C19H19NO5/c1-23-13-6-4-12(5-7-13)20-18(21)11-16(19(20)22)15-9-8-14(24-2)10-17(15)25-3/h4-10,16H,11H2,1-3H3. The number of methoxy groups -OCH3 is 3. The van der Waals surface area contributed by atoms with Crippen LogP contribution in [0, 0.1) is 0 Å². The summed E-state index contributed by atoms with van der Waals surface area (Å²) >= 11 is 0. The van der Waals surface area contributed by atoms with Gasteiger partial charge >= 0.3 is 0 Å². The first-order chi connectivity index (χ1) is 12.1. The number of carbonyl (C=O) groups excluding carboxylic acids is 2. The minimum absolute atomic E-state index is 0.105. The molecule has 1 unspecified atom stereocenters. The van der Waals surface area contributed by atoms with Crippen molar-refractivity contribution in [3.63, 3.8) is 0 Å². The monoisotopic (exact) mass is 341 g/mol. The molecule has 1 saturated heterocycles. The van der Waals surface area contributed by atoms with E-state index in [1.807, 2.05) is 0 Å². The molecule has 0 N–H and O–H groups in total. The fraction of sp³-hybridized carbons (Fsp3) is 0.263. The normalized spacial score (nSPS) is 16.9. The lowest BCUT2D eigenvalue weighted by Gasteiger charge is -2.17. The highest BCUT2D eigenvalue weighted by Gasteiger charge is 2.41. The molecule has 1 aliphatic rings. The molecule has 0 aliphatic carbocycles. The van der Waals surface area contributed by atoms with Crippen LogP contribution in [-0.4, -0.2) is 33.1 Å². The largest absolute Gasteiger partial charge is 0.497 e. The van der Waals surface area contributed by atoms with Gasteiger partial charge < -0.3 is 14.2 Å². The molecule has 2 amide bonds. The molecular formula is C19H19NO5. The van der Waals surface area contributed by atoms with Gasteiger partial charge in [0.15, 0.2) is 0 Å². The van der Waals surface area contributed by atoms with Crippen molar-refractivity contribution in [2.45, 2.75) is 12.3 Å². The van der Waals surface area contributed by atoms with Crippen LogP contribution in [0.3, 0.4) is 0 Å². The summed E-state index contributed by atoms with van der Waals surface area (Å²) in [5, 5.41) is 0. The summed E-state index contributed by atoms with van der Waals surface area (Å²) in [7, 11) is 4.65. The van der Waals surface area contributed by atoms with Gasteiger partial charge in [0, 0.05) is 18.1 Å². The maximum absolute atomic E-state index is 12.9. The summed E-state index contributed by atoms with van der Waals surface area (Å²) in [6.07, 6.45) is 0.105. The van der Waals surface area contributed by atoms with E-state index in [2.05, 4.69) is 0 Å². The minimum atomic E-state index is -0.574. The number of hydrogen-bond acceptors (Lipinski definition) is 5. The minimum Gasteiger partial charge on any atom is -0.497 e. The average molecular weight is 341 g/mol. The first kappa shape index (κ1) is 16.8. The summed E-state index contributed by atoms with van der Waals surface area (Å²) in [5.74, 6) is 0.745. The molecule has 2 aromatic rings. The van der Waals surface area contributed by atoms with Gasteiger partial charge in [-0.05, 0) is 30.3 Å². The average Bonchev–Trinajstić information content (AvgIpc) is 2.95. The number of amides is 2. The maximum Gasteiger partial charge on any atom is 0.241 e. The van der Waals surface area contributed by atoms with Crippen LogP contribution in [-0.2, 0) is 9.59 Å². The number of ether oxygens (including phenoxy) is 3. The molecule has 2 aromatic carbocycles. The van der Waals surface area contributed by atoms with Gasteiger partial charge in [0.1, 0.15) is 17.2 Å². The zero-order valence-electron chi connectivity index (χ0n) is 14.3. The van der Waals surface area contributed by atoms with Crippen LogP contribution in [0.5, 0.6) is 17.2 Å². The lowest BCUT2D eigenvalue weighted by molar-refractivity contribution is -0.121. The lowest BCUT2D eigenvalue weighted by atomic mass is 9.96. The van der Waals surface area contributed by atoms with E-state index in [1.165, 1.54) is 12.0 Å². The van der Waals surface area contributed by atoms with Gasteiger partial charge in [0.2, 0.25) is 11.8 Å². The third kappa shape index (κ3) is 3.03. The molecule has 1 fully saturated rings. The topological polar surface area (TPSA) is 65.1 Å². The van der Waals surface area contributed by atoms with E-state index in [1.54, 1.807) is 56.7 Å². The number of hydrogen-bond donors (Lipinski definition) is 0. The van der Waals surface area contributed by atoms with Crippen molar-refractivity contribution < 1.29 is 23.8 Å². The number of nitrogens with zero attached hydrogens (tertiary/aromatic N) is 1. The van der Waals surface area contributed by atoms with Crippen molar-refractivity contribution in [3.8, 4) is 17.2 Å². The molecule has 6 heteroatoms. The quantitative estimate of drug-likeness (QED) is 0.783. The zero-order chi connectivity index (χ0) is 18.0. The molecule has 0 bridgehead atoms. The van der Waals surface area contributed by atoms with Crippen LogP contribution >= 0.6 is 0 Å². The van der Waals surface area contributed by atoms with Gasteiger partial charge in [0.25, 0.3) is 0 Å². The molecule has 1 atom stereocenters. The van der Waals surface area contributed by atoms with Crippen molar-refractivity contribution in [3.05, 3.63) is 48.0 Å². The van der Waals surface area contributed by atoms with Gasteiger partial charge in [-0.2, -0.15) is 0 Å². The highest BCUT2D eigenvalue weighted by molar-refractivity contribution is 6.22. The Labute approximate surface area is 145 Å². The number of anilines is 1. The van der Waals surface area contributed by atoms with Crippen LogP contribution in [0.2, 0.25) is 0 Å². The third-order valence-corrected chi connectivity index (χ3v) is 4.29. The van der Waals surface area contributed by atoms with Crippen molar-refractivity contribution in [1.29, 1.82) is 0 Å². The van der Waals surface area contributed by atoms with E-state index in [4.69, 9.17) is 14.2 Å². The van der Waals surface area contributed by atoms with Gasteiger partial charge in [0.05, 0.1) is 32.9 Å². The smallest absolute Gasteiger partial charge is 0.241 e. The Bertz CT molecular complexity index is 800. The van der Waals surface area contributed by atoms with Gasteiger partial charge in [-0.15, -0.1) is 0 Å². The Kier molecular flexibility index (Phi) is 4.61. The molecular weight excluding hydrogens is 322 g/mol. The molecule has 1 heterocycles. The molecule has 0 spiro atoms. The summed E-state index contributed by atoms with van der Waals surface area (Å²) in [6.45, 7) is 0. The molecule has 6 nitrogen and oxygen atoms in total. The van der Waals surface area contributed by atoms with E-state index < -0.39 is 5.92 Å². The predicted molar refractivity (Wildman–Crippen MR) is 92.4 cm³/mol. The Morgan fingerprint density at radius 2 is 1.52 bits per heavy atom. The first-order valence-electron chi connectivity index (χ1n) is 7.81. The molecule has 25 heavy (non-hydrogen) atoms. The van der Waals surface area contributed by atoms with Crippen molar-refractivity contribution in [1.82, 2.24) is 0 Å². The Morgan fingerprint density at radius 3 is 2.12 bits per heavy atom. The van der Waals surface area contributed by atoms with Crippen molar-refractivity contribution in [2.75, 3.05) is 26.2 Å². The summed E-state index contributed by atoms with van der Waals surface area (Å²) in [6, 6.07) is 12.1. The molecule has 0 aromatic heterocycles. The maximum atomic E-state index is 12.9. The first-order valence-corrected chi connectivity index (χ1v) is 7.81. The third-order valence-electron chi connectivity index (χ3n) is 4.29. The Hall–Kier alpha value is -3.02. The van der Waals surface area contributed by atoms with E-state index in [0.717, 1.165) is 0 Å². The summed E-state index contributed by atoms with van der Waals surface area (Å²) in [4.78, 5) is 26.6. The van der Waals surface area contributed by atoms with Crippen LogP contribution in [0.1, 0.15) is 17.9 Å². The Morgan fingerprint density at radius 1 is 0.880 bits per heavy atom. The van der Waals surface area contributed by atoms with Crippen molar-refractivity contribution >= 4 is 17.5 Å². The fourth-order valence-electron chi connectivity index (χ4n) is 2.98. The predicted octanol–water partition coefficient (Wildman–Crippen LogP) is 2.76. The highest BCUT2D eigenvalue weighted by atomic mass is 16.5. The number of carbonyl (C=O) groups is 2. The second kappa shape index (κ2) is 6.84. The van der Waals surface area contributed by atoms with Crippen LogP contribution in [0.15, 0.2) is 42.5 Å². The number of benzene rings is 2. The van der Waals surface area contributed by atoms with E-state index in [-0.39, 0.29) is 18.2 Å². The van der Waals surface area contributed by atoms with Crippen molar-refractivity contribution in [2.24, 2.45) is 0 Å². The number of imide groups is 1. The summed E-state index contributed by atoms with van der Waals surface area (Å²) < 4.78 is 15.7. The van der Waals surface area contributed by atoms with Gasteiger partial charge in [-0.25, -0.2) is 0 Å². The molecule has 130 valence electrons. The van der Waals surface area contributed by atoms with Crippen LogP contribution < -0.4 is 19.1 Å². The highest BCUT2D eigenvalue weighted by Crippen LogP contribution is 2.39. The zero-order valence-corrected chi connectivity index (χ0v) is 14.3. The fourth-order valence-corrected chi connectivity index (χ4v) is 2.98. The van der Waals surface area contributed by atoms with E-state index in [9.17, 15) is 9.59 Å². The number of rotatable bonds is 5. The van der Waals surface area contributed by atoms with E-state index >= 15 is 0 Å². The summed E-state index contributed by atoms with van der Waals surface area (Å²) in [5.41, 5.74) is 1.21. The molecule has 0 radical (unpaired) electrons. The van der Waals surface area contributed by atoms with Gasteiger partial charge in [-0.3, -0.25) is 14.5 Å². The molecule has 1 aliphatic heterocycles. The Balaban J connectivity index is 1.93.